The molecular weight excluding hydrogens is 467 g/mol. The number of halogens is 1. The molecule has 0 amide bonds. The Morgan fingerprint density at radius 3 is 2.61 bits per heavy atom. The van der Waals surface area contributed by atoms with E-state index < -0.39 is 0 Å². The van der Waals surface area contributed by atoms with Gasteiger partial charge >= 0.3 is 0 Å². The van der Waals surface area contributed by atoms with Crippen LogP contribution in [0.5, 0.6) is 5.75 Å². The first-order valence-electron chi connectivity index (χ1n) is 8.77. The number of aromatic nitrogens is 3. The Balaban J connectivity index is 0.00000280. The molecule has 0 saturated heterocycles. The fourth-order valence-electron chi connectivity index (χ4n) is 2.67. The largest absolute Gasteiger partial charge is 0.497 e. The van der Waals surface area contributed by atoms with Crippen LogP contribution in [-0.2, 0) is 13.0 Å². The second kappa shape index (κ2) is 10.6. The molecule has 0 spiro atoms. The van der Waals surface area contributed by atoms with Gasteiger partial charge < -0.3 is 15.8 Å². The molecule has 148 valence electrons. The number of aryl methyl sites for hydroxylation is 1. The number of nitrogens with two attached hydrogens (primary N) is 1. The molecule has 8 heteroatoms. The second-order valence-electron chi connectivity index (χ2n) is 6.09. The molecule has 0 saturated carbocycles. The number of hydrogen-bond donors (Lipinski definition) is 2. The molecule has 0 radical (unpaired) electrons. The third-order valence-corrected chi connectivity index (χ3v) is 4.19. The van der Waals surface area contributed by atoms with E-state index in [0.717, 1.165) is 35.9 Å². The number of rotatable bonds is 7. The first-order valence-corrected chi connectivity index (χ1v) is 8.77. The Morgan fingerprint density at radius 2 is 1.93 bits per heavy atom. The van der Waals surface area contributed by atoms with E-state index in [1.54, 1.807) is 19.5 Å². The van der Waals surface area contributed by atoms with Crippen LogP contribution in [0.1, 0.15) is 17.0 Å². The third kappa shape index (κ3) is 5.95. The maximum absolute atomic E-state index is 5.98. The summed E-state index contributed by atoms with van der Waals surface area (Å²) >= 11 is 0. The topological polar surface area (TPSA) is 90.4 Å². The average molecular weight is 492 g/mol. The van der Waals surface area contributed by atoms with Gasteiger partial charge in [-0.1, -0.05) is 12.1 Å². The van der Waals surface area contributed by atoms with Gasteiger partial charge in [-0.15, -0.1) is 24.0 Å². The predicted molar refractivity (Wildman–Crippen MR) is 122 cm³/mol. The fraction of sp³-hybridized carbons (Fsp3) is 0.250. The lowest BCUT2D eigenvalue weighted by Crippen LogP contribution is -2.33. The summed E-state index contributed by atoms with van der Waals surface area (Å²) in [5.74, 6) is 3.00. The first kappa shape index (κ1) is 21.7. The van der Waals surface area contributed by atoms with Crippen molar-refractivity contribution in [1.29, 1.82) is 0 Å². The Bertz CT molecular complexity index is 907. The first-order chi connectivity index (χ1) is 13.2. The van der Waals surface area contributed by atoms with Crippen molar-refractivity contribution in [2.75, 3.05) is 13.7 Å². The van der Waals surface area contributed by atoms with Gasteiger partial charge in [-0.25, -0.2) is 15.0 Å². The molecule has 1 aromatic carbocycles. The van der Waals surface area contributed by atoms with E-state index in [1.165, 1.54) is 5.56 Å². The number of nitrogens with zero attached hydrogens (tertiary/aromatic N) is 4. The number of guanidine groups is 1. The van der Waals surface area contributed by atoms with Crippen molar-refractivity contribution in [3.63, 3.8) is 0 Å². The molecule has 0 atom stereocenters. The van der Waals surface area contributed by atoms with Crippen LogP contribution in [-0.4, -0.2) is 34.1 Å². The molecule has 0 aliphatic rings. The predicted octanol–water partition coefficient (Wildman–Crippen LogP) is 2.85. The van der Waals surface area contributed by atoms with Crippen molar-refractivity contribution in [1.82, 2.24) is 19.9 Å². The maximum atomic E-state index is 5.98. The van der Waals surface area contributed by atoms with Gasteiger partial charge in [-0.3, -0.25) is 4.57 Å². The van der Waals surface area contributed by atoms with Gasteiger partial charge in [0, 0.05) is 25.1 Å². The molecule has 2 heterocycles. The van der Waals surface area contributed by atoms with Gasteiger partial charge in [0.05, 0.1) is 13.7 Å². The maximum Gasteiger partial charge on any atom is 0.188 e. The molecule has 0 fully saturated rings. The van der Waals surface area contributed by atoms with Gasteiger partial charge in [0.15, 0.2) is 5.96 Å². The van der Waals surface area contributed by atoms with Crippen LogP contribution in [0.15, 0.2) is 60.0 Å². The summed E-state index contributed by atoms with van der Waals surface area (Å²) in [6.07, 6.45) is 6.28. The highest BCUT2D eigenvalue weighted by Crippen LogP contribution is 2.12. The van der Waals surface area contributed by atoms with Crippen LogP contribution in [0, 0.1) is 6.92 Å². The van der Waals surface area contributed by atoms with Gasteiger partial charge in [0.2, 0.25) is 0 Å². The van der Waals surface area contributed by atoms with E-state index in [0.29, 0.717) is 12.5 Å². The number of methoxy groups -OCH3 is 1. The smallest absolute Gasteiger partial charge is 0.188 e. The summed E-state index contributed by atoms with van der Waals surface area (Å²) in [6.45, 7) is 3.15. The quantitative estimate of drug-likeness (QED) is 0.301. The highest BCUT2D eigenvalue weighted by atomic mass is 127. The van der Waals surface area contributed by atoms with Crippen molar-refractivity contribution in [2.24, 2.45) is 10.7 Å². The third-order valence-electron chi connectivity index (χ3n) is 4.19. The highest BCUT2D eigenvalue weighted by Gasteiger charge is 2.03. The SMILES string of the molecule is COc1ccc(CCNC(N)=NCc2ccnc(-n3ccnc3C)c2)cc1.I. The number of pyridine rings is 1. The van der Waals surface area contributed by atoms with Crippen LogP contribution in [0.2, 0.25) is 0 Å². The van der Waals surface area contributed by atoms with Gasteiger partial charge in [0.25, 0.3) is 0 Å². The van der Waals surface area contributed by atoms with Crippen molar-refractivity contribution in [2.45, 2.75) is 19.9 Å². The monoisotopic (exact) mass is 492 g/mol. The number of ether oxygens (including phenoxy) is 1. The van der Waals surface area contributed by atoms with Gasteiger partial charge in [-0.2, -0.15) is 0 Å². The van der Waals surface area contributed by atoms with Crippen LogP contribution in [0.25, 0.3) is 5.82 Å². The normalized spacial score (nSPS) is 11.0. The molecule has 0 unspecified atom stereocenters. The molecule has 0 aliphatic heterocycles. The summed E-state index contributed by atoms with van der Waals surface area (Å²) in [4.78, 5) is 13.0. The van der Waals surface area contributed by atoms with Crippen molar-refractivity contribution >= 4 is 29.9 Å². The second-order valence-corrected chi connectivity index (χ2v) is 6.09. The number of imidazole rings is 1. The molecule has 3 N–H and O–H groups in total. The fourth-order valence-corrected chi connectivity index (χ4v) is 2.67. The van der Waals surface area contributed by atoms with Crippen LogP contribution in [0.3, 0.4) is 0 Å². The summed E-state index contributed by atoms with van der Waals surface area (Å²) in [5.41, 5.74) is 8.22. The summed E-state index contributed by atoms with van der Waals surface area (Å²) in [5, 5.41) is 3.15. The standard InChI is InChI=1S/C20H24N6O.HI/c1-15-22-11-12-26(15)19-13-17(8-9-23-19)14-25-20(21)24-10-7-16-3-5-18(27-2)6-4-16;/h3-6,8-9,11-13H,7,10,14H2,1-2H3,(H3,21,24,25);1H. The van der Waals surface area contributed by atoms with Crippen molar-refractivity contribution < 1.29 is 4.74 Å². The minimum atomic E-state index is 0. The molecule has 3 aromatic rings. The lowest BCUT2D eigenvalue weighted by molar-refractivity contribution is 0.414. The Kier molecular flexibility index (Phi) is 8.24. The molecular formula is C20H25IN6O. The summed E-state index contributed by atoms with van der Waals surface area (Å²) < 4.78 is 7.09. The van der Waals surface area contributed by atoms with Crippen LogP contribution >= 0.6 is 24.0 Å². The molecule has 7 nitrogen and oxygen atoms in total. The van der Waals surface area contributed by atoms with Gasteiger partial charge in [0.1, 0.15) is 17.4 Å². The van der Waals surface area contributed by atoms with Gasteiger partial charge in [-0.05, 0) is 48.7 Å². The zero-order valence-electron chi connectivity index (χ0n) is 16.0. The molecule has 3 rings (SSSR count). The van der Waals surface area contributed by atoms with Crippen LogP contribution in [0.4, 0.5) is 0 Å². The Labute approximate surface area is 182 Å². The van der Waals surface area contributed by atoms with E-state index in [4.69, 9.17) is 10.5 Å². The van der Waals surface area contributed by atoms with Crippen LogP contribution < -0.4 is 15.8 Å². The highest BCUT2D eigenvalue weighted by molar-refractivity contribution is 14.0. The number of aliphatic imine (C=N–C) groups is 1. The number of hydrogen-bond acceptors (Lipinski definition) is 4. The number of nitrogens with one attached hydrogen (secondary N) is 1. The minimum Gasteiger partial charge on any atom is -0.497 e. The molecule has 2 aromatic heterocycles. The number of benzene rings is 1. The van der Waals surface area contributed by atoms with Crippen molar-refractivity contribution in [3.05, 3.63) is 71.9 Å². The van der Waals surface area contributed by atoms with E-state index >= 15 is 0 Å². The summed E-state index contributed by atoms with van der Waals surface area (Å²) in [6, 6.07) is 11.9. The van der Waals surface area contributed by atoms with Crippen molar-refractivity contribution in [3.8, 4) is 11.6 Å². The van der Waals surface area contributed by atoms with E-state index in [2.05, 4.69) is 20.3 Å². The average Bonchev–Trinajstić information content (AvgIpc) is 3.13. The Hall–Kier alpha value is -2.62. The zero-order chi connectivity index (χ0) is 19.1. The lowest BCUT2D eigenvalue weighted by atomic mass is 10.1. The summed E-state index contributed by atoms with van der Waals surface area (Å²) in [7, 11) is 1.66. The molecule has 0 bridgehead atoms. The van der Waals surface area contributed by atoms with E-state index in [1.807, 2.05) is 54.1 Å². The lowest BCUT2D eigenvalue weighted by Gasteiger charge is -2.08. The van der Waals surface area contributed by atoms with E-state index in [9.17, 15) is 0 Å². The molecule has 0 aliphatic carbocycles. The minimum absolute atomic E-state index is 0. The van der Waals surface area contributed by atoms with E-state index in [-0.39, 0.29) is 24.0 Å². The molecule has 28 heavy (non-hydrogen) atoms. The zero-order valence-corrected chi connectivity index (χ0v) is 18.3. The Morgan fingerprint density at radius 1 is 1.14 bits per heavy atom.